The molecule has 7 nitrogen and oxygen atoms in total. The van der Waals surface area contributed by atoms with Gasteiger partial charge in [-0.15, -0.1) is 0 Å². The Morgan fingerprint density at radius 1 is 1.50 bits per heavy atom. The number of carbonyl (C=O) groups is 1. The molecule has 0 aliphatic carbocycles. The predicted octanol–water partition coefficient (Wildman–Crippen LogP) is -0.970. The standard InChI is InChI=1S/C10H7F3N4O3/c1-14-17-5-6(7(18)16-9(17)20)3-2-4-15-8(19)10(11,12)13/h5H,1,4H2,(H,15,19)(H,16,18,20). The molecule has 0 unspecified atom stereocenters. The van der Waals surface area contributed by atoms with E-state index in [4.69, 9.17) is 0 Å². The average Bonchev–Trinajstić information content (AvgIpc) is 2.35. The number of amides is 1. The first kappa shape index (κ1) is 15.2. The van der Waals surface area contributed by atoms with Crippen molar-refractivity contribution in [2.45, 2.75) is 6.18 Å². The number of aromatic nitrogens is 2. The third-order valence-corrected chi connectivity index (χ3v) is 1.89. The van der Waals surface area contributed by atoms with Gasteiger partial charge in [-0.05, 0) is 0 Å². The van der Waals surface area contributed by atoms with Crippen LogP contribution in [0.3, 0.4) is 0 Å². The van der Waals surface area contributed by atoms with E-state index in [1.54, 1.807) is 0 Å². The topological polar surface area (TPSA) is 96.3 Å². The van der Waals surface area contributed by atoms with Crippen LogP contribution in [-0.2, 0) is 4.79 Å². The van der Waals surface area contributed by atoms with Crippen LogP contribution in [0.1, 0.15) is 5.56 Å². The van der Waals surface area contributed by atoms with Crippen LogP contribution in [0.25, 0.3) is 0 Å². The Bertz CT molecular complexity index is 705. The SMILES string of the molecule is C=Nn1cc(C#CCNC(=O)C(F)(F)F)c(=O)[nH]c1=O. The summed E-state index contributed by atoms with van der Waals surface area (Å²) in [4.78, 5) is 34.7. The van der Waals surface area contributed by atoms with E-state index in [2.05, 4.69) is 23.7 Å². The molecule has 10 heteroatoms. The van der Waals surface area contributed by atoms with Crippen molar-refractivity contribution in [1.29, 1.82) is 0 Å². The van der Waals surface area contributed by atoms with Gasteiger partial charge in [-0.2, -0.15) is 22.9 Å². The predicted molar refractivity (Wildman–Crippen MR) is 62.2 cm³/mol. The normalized spacial score (nSPS) is 10.3. The summed E-state index contributed by atoms with van der Waals surface area (Å²) in [7, 11) is 0. The van der Waals surface area contributed by atoms with E-state index in [9.17, 15) is 27.6 Å². The van der Waals surface area contributed by atoms with Crippen LogP contribution in [0, 0.1) is 11.8 Å². The Balaban J connectivity index is 2.84. The first-order valence-corrected chi connectivity index (χ1v) is 4.92. The largest absolute Gasteiger partial charge is 0.471 e. The Labute approximate surface area is 109 Å². The highest BCUT2D eigenvalue weighted by Crippen LogP contribution is 2.13. The molecule has 1 amide bonds. The highest BCUT2D eigenvalue weighted by Gasteiger charge is 2.38. The van der Waals surface area contributed by atoms with E-state index < -0.39 is 29.9 Å². The minimum Gasteiger partial charge on any atom is -0.337 e. The Morgan fingerprint density at radius 2 is 2.15 bits per heavy atom. The maximum atomic E-state index is 11.8. The van der Waals surface area contributed by atoms with Gasteiger partial charge < -0.3 is 5.32 Å². The summed E-state index contributed by atoms with van der Waals surface area (Å²) in [6, 6.07) is 0. The summed E-state index contributed by atoms with van der Waals surface area (Å²) in [5.41, 5.74) is -1.87. The molecule has 0 saturated carbocycles. The number of H-pyrrole nitrogens is 1. The third-order valence-electron chi connectivity index (χ3n) is 1.89. The number of nitrogens with one attached hydrogen (secondary N) is 2. The van der Waals surface area contributed by atoms with E-state index >= 15 is 0 Å². The molecule has 0 fully saturated rings. The Kier molecular flexibility index (Phi) is 4.47. The van der Waals surface area contributed by atoms with Gasteiger partial charge in [0.1, 0.15) is 5.56 Å². The molecule has 2 N–H and O–H groups in total. The highest BCUT2D eigenvalue weighted by atomic mass is 19.4. The van der Waals surface area contributed by atoms with E-state index in [0.29, 0.717) is 4.68 Å². The van der Waals surface area contributed by atoms with E-state index in [1.807, 2.05) is 4.98 Å². The summed E-state index contributed by atoms with van der Waals surface area (Å²) in [5.74, 6) is 2.19. The van der Waals surface area contributed by atoms with E-state index in [1.165, 1.54) is 5.32 Å². The van der Waals surface area contributed by atoms with E-state index in [-0.39, 0.29) is 5.56 Å². The summed E-state index contributed by atoms with van der Waals surface area (Å²) in [6.07, 6.45) is -4.04. The molecular formula is C10H7F3N4O3. The number of nitrogens with zero attached hydrogens (tertiary/aromatic N) is 2. The van der Waals surface area contributed by atoms with Gasteiger partial charge in [0.25, 0.3) is 5.56 Å². The van der Waals surface area contributed by atoms with Crippen LogP contribution in [0.4, 0.5) is 13.2 Å². The van der Waals surface area contributed by atoms with Crippen LogP contribution in [-0.4, -0.2) is 35.0 Å². The van der Waals surface area contributed by atoms with Gasteiger partial charge in [0.05, 0.1) is 12.7 Å². The summed E-state index contributed by atoms with van der Waals surface area (Å²) in [6.45, 7) is 2.46. The molecule has 0 aliphatic rings. The van der Waals surface area contributed by atoms with E-state index in [0.717, 1.165) is 6.20 Å². The van der Waals surface area contributed by atoms with Crippen LogP contribution in [0.2, 0.25) is 0 Å². The molecule has 0 aliphatic heterocycles. The smallest absolute Gasteiger partial charge is 0.337 e. The third kappa shape index (κ3) is 3.84. The fraction of sp³-hybridized carbons (Fsp3) is 0.200. The monoisotopic (exact) mass is 288 g/mol. The molecule has 0 radical (unpaired) electrons. The zero-order chi connectivity index (χ0) is 15.3. The zero-order valence-electron chi connectivity index (χ0n) is 9.74. The molecule has 1 rings (SSSR count). The molecule has 0 saturated heterocycles. The first-order chi connectivity index (χ1) is 9.25. The lowest BCUT2D eigenvalue weighted by Gasteiger charge is -2.03. The van der Waals surface area contributed by atoms with Gasteiger partial charge in [-0.1, -0.05) is 11.8 Å². The van der Waals surface area contributed by atoms with Crippen molar-refractivity contribution in [3.63, 3.8) is 0 Å². The second-order valence-electron chi connectivity index (χ2n) is 3.27. The molecule has 1 aromatic heterocycles. The van der Waals surface area contributed by atoms with Crippen molar-refractivity contribution in [2.75, 3.05) is 6.54 Å². The van der Waals surface area contributed by atoms with Crippen LogP contribution in [0.15, 0.2) is 20.9 Å². The second-order valence-corrected chi connectivity index (χ2v) is 3.27. The molecule has 0 bridgehead atoms. The lowest BCUT2D eigenvalue weighted by Crippen LogP contribution is -2.36. The lowest BCUT2D eigenvalue weighted by molar-refractivity contribution is -0.173. The van der Waals surface area contributed by atoms with Crippen molar-refractivity contribution < 1.29 is 18.0 Å². The average molecular weight is 288 g/mol. The number of hydrogen-bond acceptors (Lipinski definition) is 4. The number of rotatable bonds is 2. The fourth-order valence-electron chi connectivity index (χ4n) is 1.02. The summed E-state index contributed by atoms with van der Waals surface area (Å²) in [5, 5.41) is 4.76. The number of halogens is 3. The van der Waals surface area contributed by atoms with Gasteiger partial charge in [-0.3, -0.25) is 14.6 Å². The molecule has 106 valence electrons. The second kappa shape index (κ2) is 5.87. The zero-order valence-corrected chi connectivity index (χ0v) is 9.74. The van der Waals surface area contributed by atoms with Gasteiger partial charge in [-0.25, -0.2) is 4.79 Å². The molecule has 1 aromatic rings. The quantitative estimate of drug-likeness (QED) is 0.541. The van der Waals surface area contributed by atoms with Crippen molar-refractivity contribution in [3.05, 3.63) is 32.6 Å². The summed E-state index contributed by atoms with van der Waals surface area (Å²) >= 11 is 0. The molecule has 0 aromatic carbocycles. The van der Waals surface area contributed by atoms with Crippen LogP contribution < -0.4 is 16.6 Å². The van der Waals surface area contributed by atoms with Gasteiger partial charge in [0.15, 0.2) is 0 Å². The number of carbonyl (C=O) groups excluding carboxylic acids is 1. The number of alkyl halides is 3. The molecule has 0 atom stereocenters. The maximum Gasteiger partial charge on any atom is 0.471 e. The number of hydrogen-bond donors (Lipinski definition) is 2. The molecule has 1 heterocycles. The van der Waals surface area contributed by atoms with Crippen molar-refractivity contribution >= 4 is 12.6 Å². The van der Waals surface area contributed by atoms with Gasteiger partial charge >= 0.3 is 17.8 Å². The van der Waals surface area contributed by atoms with Gasteiger partial charge in [0.2, 0.25) is 0 Å². The minimum atomic E-state index is -5.00. The van der Waals surface area contributed by atoms with Crippen LogP contribution in [0.5, 0.6) is 0 Å². The van der Waals surface area contributed by atoms with Crippen molar-refractivity contribution in [3.8, 4) is 11.8 Å². The first-order valence-electron chi connectivity index (χ1n) is 4.92. The lowest BCUT2D eigenvalue weighted by atomic mass is 10.3. The Morgan fingerprint density at radius 3 is 2.70 bits per heavy atom. The van der Waals surface area contributed by atoms with Crippen LogP contribution >= 0.6 is 0 Å². The summed E-state index contributed by atoms with van der Waals surface area (Å²) < 4.78 is 36.2. The molecule has 0 spiro atoms. The minimum absolute atomic E-state index is 0.210. The molecular weight excluding hydrogens is 281 g/mol. The highest BCUT2D eigenvalue weighted by molar-refractivity contribution is 5.81. The fourth-order valence-corrected chi connectivity index (χ4v) is 1.02. The maximum absolute atomic E-state index is 11.8. The van der Waals surface area contributed by atoms with Crippen molar-refractivity contribution in [1.82, 2.24) is 15.0 Å². The van der Waals surface area contributed by atoms with Crippen molar-refractivity contribution in [2.24, 2.45) is 5.10 Å². The van der Waals surface area contributed by atoms with Gasteiger partial charge in [0, 0.05) is 6.72 Å². The Hall–Kier alpha value is -2.83. The number of aromatic amines is 1. The molecule has 20 heavy (non-hydrogen) atoms.